The molecule has 1 amide bonds. The number of halogens is 1. The van der Waals surface area contributed by atoms with Crippen molar-refractivity contribution in [1.82, 2.24) is 20.4 Å². The normalized spacial score (nSPS) is 19.6. The third-order valence-electron chi connectivity index (χ3n) is 4.46. The van der Waals surface area contributed by atoms with E-state index < -0.39 is 0 Å². The lowest BCUT2D eigenvalue weighted by Crippen LogP contribution is -2.62. The van der Waals surface area contributed by atoms with Gasteiger partial charge < -0.3 is 10.6 Å². The van der Waals surface area contributed by atoms with Gasteiger partial charge >= 0.3 is 0 Å². The molecule has 0 bridgehead atoms. The molecule has 1 aromatic carbocycles. The molecule has 0 radical (unpaired) electrons. The SMILES string of the molecule is CC1(C)CC(NC(=O)c2cnn(-c3ccc(F)cc3)c2)CC(C)(C)N1. The van der Waals surface area contributed by atoms with Gasteiger partial charge in [-0.1, -0.05) is 0 Å². The number of hydrogen-bond donors (Lipinski definition) is 2. The molecule has 1 saturated heterocycles. The van der Waals surface area contributed by atoms with Crippen molar-refractivity contribution in [3.05, 3.63) is 48.0 Å². The zero-order chi connectivity index (χ0) is 18.2. The van der Waals surface area contributed by atoms with Gasteiger partial charge in [0.25, 0.3) is 5.91 Å². The van der Waals surface area contributed by atoms with Gasteiger partial charge in [-0.15, -0.1) is 0 Å². The number of carbonyl (C=O) groups is 1. The predicted octanol–water partition coefficient (Wildman–Crippen LogP) is 3.05. The van der Waals surface area contributed by atoms with E-state index in [9.17, 15) is 9.18 Å². The lowest BCUT2D eigenvalue weighted by atomic mass is 9.79. The second-order valence-corrected chi connectivity index (χ2v) is 8.12. The van der Waals surface area contributed by atoms with E-state index >= 15 is 0 Å². The van der Waals surface area contributed by atoms with Crippen LogP contribution in [0.15, 0.2) is 36.7 Å². The lowest BCUT2D eigenvalue weighted by Gasteiger charge is -2.46. The maximum Gasteiger partial charge on any atom is 0.254 e. The van der Waals surface area contributed by atoms with Gasteiger partial charge in [0.1, 0.15) is 5.82 Å². The van der Waals surface area contributed by atoms with Crippen molar-refractivity contribution in [2.75, 3.05) is 0 Å². The Labute approximate surface area is 147 Å². The highest BCUT2D eigenvalue weighted by molar-refractivity contribution is 5.94. The van der Waals surface area contributed by atoms with Crippen LogP contribution in [0.25, 0.3) is 5.69 Å². The van der Waals surface area contributed by atoms with Gasteiger partial charge in [0.05, 0.1) is 17.4 Å². The number of hydrogen-bond acceptors (Lipinski definition) is 3. The second kappa shape index (κ2) is 6.26. The number of carbonyl (C=O) groups excluding carboxylic acids is 1. The van der Waals surface area contributed by atoms with Crippen molar-refractivity contribution < 1.29 is 9.18 Å². The molecule has 1 fully saturated rings. The molecule has 0 saturated carbocycles. The summed E-state index contributed by atoms with van der Waals surface area (Å²) in [6, 6.07) is 6.10. The van der Waals surface area contributed by atoms with Crippen molar-refractivity contribution in [2.24, 2.45) is 0 Å². The maximum absolute atomic E-state index is 13.0. The van der Waals surface area contributed by atoms with Gasteiger partial charge in [0.2, 0.25) is 0 Å². The number of aromatic nitrogens is 2. The van der Waals surface area contributed by atoms with Crippen molar-refractivity contribution in [2.45, 2.75) is 57.7 Å². The van der Waals surface area contributed by atoms with Crippen LogP contribution in [0.2, 0.25) is 0 Å². The minimum Gasteiger partial charge on any atom is -0.349 e. The molecule has 5 nitrogen and oxygen atoms in total. The largest absolute Gasteiger partial charge is 0.349 e. The molecular weight excluding hydrogens is 319 g/mol. The highest BCUT2D eigenvalue weighted by Crippen LogP contribution is 2.28. The van der Waals surface area contributed by atoms with E-state index in [4.69, 9.17) is 0 Å². The molecule has 2 aromatic rings. The molecule has 1 aliphatic rings. The average molecular weight is 344 g/mol. The van der Waals surface area contributed by atoms with Crippen molar-refractivity contribution in [1.29, 1.82) is 0 Å². The molecule has 3 rings (SSSR count). The van der Waals surface area contributed by atoms with Crippen LogP contribution in [0.4, 0.5) is 4.39 Å². The van der Waals surface area contributed by atoms with Crippen LogP contribution in [0, 0.1) is 5.82 Å². The number of piperidine rings is 1. The number of nitrogens with zero attached hydrogens (tertiary/aromatic N) is 2. The van der Waals surface area contributed by atoms with Crippen molar-refractivity contribution in [3.63, 3.8) is 0 Å². The first-order valence-corrected chi connectivity index (χ1v) is 8.54. The van der Waals surface area contributed by atoms with Gasteiger partial charge in [-0.25, -0.2) is 9.07 Å². The molecule has 1 aliphatic heterocycles. The van der Waals surface area contributed by atoms with Crippen molar-refractivity contribution in [3.8, 4) is 5.69 Å². The van der Waals surface area contributed by atoms with Crippen LogP contribution in [0.3, 0.4) is 0 Å². The highest BCUT2D eigenvalue weighted by atomic mass is 19.1. The van der Waals surface area contributed by atoms with E-state index in [1.807, 2.05) is 0 Å². The molecule has 2 heterocycles. The van der Waals surface area contributed by atoms with E-state index in [2.05, 4.69) is 43.4 Å². The minimum absolute atomic E-state index is 0.0298. The van der Waals surface area contributed by atoms with Crippen molar-refractivity contribution >= 4 is 5.91 Å². The number of amides is 1. The fraction of sp³-hybridized carbons (Fsp3) is 0.474. The molecule has 0 spiro atoms. The quantitative estimate of drug-likeness (QED) is 0.900. The molecular formula is C19H25FN4O. The first-order valence-electron chi connectivity index (χ1n) is 8.54. The smallest absolute Gasteiger partial charge is 0.254 e. The third kappa shape index (κ3) is 4.25. The second-order valence-electron chi connectivity index (χ2n) is 8.12. The summed E-state index contributed by atoms with van der Waals surface area (Å²) in [5, 5.41) is 10.9. The summed E-state index contributed by atoms with van der Waals surface area (Å²) in [4.78, 5) is 12.6. The molecule has 134 valence electrons. The van der Waals surface area contributed by atoms with Crippen LogP contribution in [-0.4, -0.2) is 32.8 Å². The number of nitrogens with one attached hydrogen (secondary N) is 2. The van der Waals surface area contributed by atoms with Crippen LogP contribution < -0.4 is 10.6 Å². The Balaban J connectivity index is 1.71. The summed E-state index contributed by atoms with van der Waals surface area (Å²) in [6.07, 6.45) is 4.94. The average Bonchev–Trinajstić information content (AvgIpc) is 2.94. The summed E-state index contributed by atoms with van der Waals surface area (Å²) in [7, 11) is 0. The van der Waals surface area contributed by atoms with Crippen LogP contribution in [0.1, 0.15) is 50.9 Å². The predicted molar refractivity (Wildman–Crippen MR) is 95.3 cm³/mol. The Kier molecular flexibility index (Phi) is 4.41. The van der Waals surface area contributed by atoms with E-state index in [-0.39, 0.29) is 28.8 Å². The Morgan fingerprint density at radius 3 is 2.40 bits per heavy atom. The zero-order valence-corrected chi connectivity index (χ0v) is 15.1. The Morgan fingerprint density at radius 1 is 1.20 bits per heavy atom. The Bertz CT molecular complexity index is 748. The zero-order valence-electron chi connectivity index (χ0n) is 15.1. The topological polar surface area (TPSA) is 59.0 Å². The summed E-state index contributed by atoms with van der Waals surface area (Å²) in [5.41, 5.74) is 1.15. The van der Waals surface area contributed by atoms with Crippen LogP contribution in [-0.2, 0) is 0 Å². The molecule has 0 unspecified atom stereocenters. The molecule has 1 aromatic heterocycles. The number of rotatable bonds is 3. The van der Waals surface area contributed by atoms with Gasteiger partial charge in [-0.2, -0.15) is 5.10 Å². The minimum atomic E-state index is -0.301. The Morgan fingerprint density at radius 2 is 1.80 bits per heavy atom. The summed E-state index contributed by atoms with van der Waals surface area (Å²) in [6.45, 7) is 8.61. The van der Waals surface area contributed by atoms with E-state index in [0.29, 0.717) is 11.3 Å². The standard InChI is InChI=1S/C19H25FN4O/c1-18(2)9-15(10-19(3,4)23-18)22-17(25)13-11-21-24(12-13)16-7-5-14(20)6-8-16/h5-8,11-12,15,23H,9-10H2,1-4H3,(H,22,25). The van der Waals surface area contributed by atoms with E-state index in [1.54, 1.807) is 23.0 Å². The summed E-state index contributed by atoms with van der Waals surface area (Å²) >= 11 is 0. The van der Waals surface area contributed by atoms with E-state index in [1.165, 1.54) is 18.3 Å². The fourth-order valence-electron chi connectivity index (χ4n) is 3.87. The van der Waals surface area contributed by atoms with Gasteiger partial charge in [-0.05, 0) is 64.8 Å². The summed E-state index contributed by atoms with van der Waals surface area (Å²) < 4.78 is 14.6. The first-order chi connectivity index (χ1) is 11.6. The summed E-state index contributed by atoms with van der Waals surface area (Å²) in [5.74, 6) is -0.433. The number of benzene rings is 1. The highest BCUT2D eigenvalue weighted by Gasteiger charge is 2.38. The monoisotopic (exact) mass is 344 g/mol. The molecule has 2 N–H and O–H groups in total. The fourth-order valence-corrected chi connectivity index (χ4v) is 3.87. The van der Waals surface area contributed by atoms with Gasteiger partial charge in [-0.3, -0.25) is 4.79 Å². The molecule has 0 atom stereocenters. The first kappa shape index (κ1) is 17.6. The maximum atomic E-state index is 13.0. The molecule has 0 aliphatic carbocycles. The van der Waals surface area contributed by atoms with Gasteiger partial charge in [0.15, 0.2) is 0 Å². The Hall–Kier alpha value is -2.21. The van der Waals surface area contributed by atoms with Crippen LogP contribution in [0.5, 0.6) is 0 Å². The van der Waals surface area contributed by atoms with E-state index in [0.717, 1.165) is 12.8 Å². The van der Waals surface area contributed by atoms with Gasteiger partial charge in [0, 0.05) is 23.3 Å². The third-order valence-corrected chi connectivity index (χ3v) is 4.46. The molecule has 6 heteroatoms. The lowest BCUT2D eigenvalue weighted by molar-refractivity contribution is 0.0873. The van der Waals surface area contributed by atoms with Crippen LogP contribution >= 0.6 is 0 Å². The molecule has 25 heavy (non-hydrogen) atoms.